The third-order valence-corrected chi connectivity index (χ3v) is 7.08. The van der Waals surface area contributed by atoms with E-state index in [0.717, 1.165) is 17.0 Å². The first-order chi connectivity index (χ1) is 16.5. The maximum atomic E-state index is 13.6. The first-order valence-electron chi connectivity index (χ1n) is 10.5. The average molecular weight is 550 g/mol. The summed E-state index contributed by atoms with van der Waals surface area (Å²) in [5.74, 6) is -1.02. The summed E-state index contributed by atoms with van der Waals surface area (Å²) >= 11 is 25.0. The molecule has 1 amide bonds. The number of hydrogen-bond acceptors (Lipinski definition) is 3. The van der Waals surface area contributed by atoms with Gasteiger partial charge in [-0.15, -0.1) is 0 Å². The molecule has 0 spiro atoms. The zero-order valence-corrected chi connectivity index (χ0v) is 22.3. The molecule has 0 N–H and O–H groups in total. The van der Waals surface area contributed by atoms with Crippen LogP contribution in [0, 0.1) is 13.8 Å². The van der Waals surface area contributed by atoms with E-state index in [1.165, 1.54) is 12.0 Å². The third kappa shape index (κ3) is 4.50. The number of allylic oxidation sites excluding steroid dienone is 1. The van der Waals surface area contributed by atoms with Crippen LogP contribution in [0.3, 0.4) is 0 Å². The van der Waals surface area contributed by atoms with E-state index in [2.05, 4.69) is 0 Å². The Morgan fingerprint density at radius 3 is 2.26 bits per heavy atom. The van der Waals surface area contributed by atoms with Crippen molar-refractivity contribution in [1.82, 2.24) is 4.57 Å². The molecule has 0 saturated heterocycles. The Bertz CT molecular complexity index is 1430. The predicted octanol–water partition coefficient (Wildman–Crippen LogP) is 7.58. The molecule has 35 heavy (non-hydrogen) atoms. The van der Waals surface area contributed by atoms with Gasteiger partial charge in [0.2, 0.25) is 0 Å². The molecule has 0 saturated carbocycles. The van der Waals surface area contributed by atoms with Crippen molar-refractivity contribution in [1.29, 1.82) is 0 Å². The highest BCUT2D eigenvalue weighted by molar-refractivity contribution is 6.43. The molecular weight excluding hydrogens is 530 g/mol. The minimum atomic E-state index is -0.621. The van der Waals surface area contributed by atoms with Crippen LogP contribution in [0.4, 0.5) is 5.69 Å². The lowest BCUT2D eigenvalue weighted by molar-refractivity contribution is -0.136. The quantitative estimate of drug-likeness (QED) is 0.249. The number of methoxy groups -OCH3 is 1. The van der Waals surface area contributed by atoms with Crippen molar-refractivity contribution < 1.29 is 14.3 Å². The Morgan fingerprint density at radius 1 is 0.971 bits per heavy atom. The van der Waals surface area contributed by atoms with Gasteiger partial charge < -0.3 is 9.30 Å². The van der Waals surface area contributed by atoms with Gasteiger partial charge in [0.05, 0.1) is 39.7 Å². The lowest BCUT2D eigenvalue weighted by Gasteiger charge is -2.18. The largest absolute Gasteiger partial charge is 0.465 e. The fraction of sp³-hybridized carbons (Fsp3) is 0.154. The van der Waals surface area contributed by atoms with Crippen LogP contribution in [0.1, 0.15) is 23.9 Å². The predicted molar refractivity (Wildman–Crippen MR) is 142 cm³/mol. The second-order valence-electron chi connectivity index (χ2n) is 8.01. The van der Waals surface area contributed by atoms with Gasteiger partial charge in [0, 0.05) is 27.1 Å². The van der Waals surface area contributed by atoms with Crippen molar-refractivity contribution in [2.24, 2.45) is 0 Å². The summed E-state index contributed by atoms with van der Waals surface area (Å²) in [5.41, 5.74) is 4.38. The topological polar surface area (TPSA) is 51.5 Å². The molecule has 0 fully saturated rings. The number of carbonyl (C=O) groups excluding carboxylic acids is 2. The molecule has 5 nitrogen and oxygen atoms in total. The van der Waals surface area contributed by atoms with Gasteiger partial charge in [-0.3, -0.25) is 9.69 Å². The van der Waals surface area contributed by atoms with Gasteiger partial charge in [0.1, 0.15) is 0 Å². The summed E-state index contributed by atoms with van der Waals surface area (Å²) in [6.07, 6.45) is 1.68. The van der Waals surface area contributed by atoms with Crippen LogP contribution in [-0.4, -0.2) is 23.6 Å². The van der Waals surface area contributed by atoms with Gasteiger partial charge in [0.25, 0.3) is 5.91 Å². The van der Waals surface area contributed by atoms with Gasteiger partial charge >= 0.3 is 5.97 Å². The number of rotatable bonds is 4. The number of aromatic nitrogens is 1. The van der Waals surface area contributed by atoms with E-state index in [-0.39, 0.29) is 11.1 Å². The summed E-state index contributed by atoms with van der Waals surface area (Å²) < 4.78 is 6.95. The summed E-state index contributed by atoms with van der Waals surface area (Å²) in [4.78, 5) is 27.8. The normalized spacial score (nSPS) is 14.9. The molecule has 1 aromatic heterocycles. The summed E-state index contributed by atoms with van der Waals surface area (Å²) in [5, 5.41) is 1.59. The summed E-state index contributed by atoms with van der Waals surface area (Å²) in [7, 11) is 1.27. The van der Waals surface area contributed by atoms with Crippen LogP contribution in [0.25, 0.3) is 11.8 Å². The molecule has 4 rings (SSSR count). The minimum Gasteiger partial charge on any atom is -0.465 e. The number of esters is 1. The van der Waals surface area contributed by atoms with Gasteiger partial charge in [-0.1, -0.05) is 52.5 Å². The molecule has 180 valence electrons. The van der Waals surface area contributed by atoms with Crippen LogP contribution < -0.4 is 4.90 Å². The van der Waals surface area contributed by atoms with Gasteiger partial charge in [-0.2, -0.15) is 0 Å². The number of halogens is 4. The number of carbonyl (C=O) groups is 2. The van der Waals surface area contributed by atoms with Crippen LogP contribution in [0.15, 0.2) is 59.3 Å². The first kappa shape index (κ1) is 25.4. The fourth-order valence-electron chi connectivity index (χ4n) is 4.28. The van der Waals surface area contributed by atoms with Crippen molar-refractivity contribution in [2.45, 2.75) is 20.8 Å². The average Bonchev–Trinajstić information content (AvgIpc) is 3.20. The number of benzene rings is 2. The first-order valence-corrected chi connectivity index (χ1v) is 12.0. The fourth-order valence-corrected chi connectivity index (χ4v) is 5.18. The van der Waals surface area contributed by atoms with Gasteiger partial charge in [0.15, 0.2) is 0 Å². The number of amides is 1. The van der Waals surface area contributed by atoms with E-state index in [1.54, 1.807) is 37.3 Å². The summed E-state index contributed by atoms with van der Waals surface area (Å²) in [6, 6.07) is 12.1. The van der Waals surface area contributed by atoms with Crippen LogP contribution in [-0.2, 0) is 14.3 Å². The molecule has 0 unspecified atom stereocenters. The number of anilines is 1. The molecule has 2 heterocycles. The summed E-state index contributed by atoms with van der Waals surface area (Å²) in [6.45, 7) is 5.50. The lowest BCUT2D eigenvalue weighted by Crippen LogP contribution is -2.24. The molecule has 0 radical (unpaired) electrons. The third-order valence-electron chi connectivity index (χ3n) is 5.84. The smallest absolute Gasteiger partial charge is 0.340 e. The number of aryl methyl sites for hydroxylation is 1. The van der Waals surface area contributed by atoms with Gasteiger partial charge in [-0.25, -0.2) is 4.79 Å². The van der Waals surface area contributed by atoms with Gasteiger partial charge in [-0.05, 0) is 68.8 Å². The van der Waals surface area contributed by atoms with Crippen LogP contribution in [0.2, 0.25) is 20.1 Å². The van der Waals surface area contributed by atoms with Crippen molar-refractivity contribution in [3.63, 3.8) is 0 Å². The maximum absolute atomic E-state index is 13.6. The standard InChI is InChI=1S/C26H20Cl4N2O3/c1-13-8-16(14(2)31(13)22-7-5-6-21(29)24(22)30)9-20-23(26(34)35-4)15(3)32(25(20)33)19-11-17(27)10-18(28)12-19/h5-12H,1-4H3/b20-9-. The van der Waals surface area contributed by atoms with E-state index < -0.39 is 11.9 Å². The van der Waals surface area contributed by atoms with Crippen LogP contribution in [0.5, 0.6) is 0 Å². The molecule has 2 aromatic carbocycles. The number of ether oxygens (including phenoxy) is 1. The second kappa shape index (κ2) is 9.75. The Hall–Kier alpha value is -2.70. The zero-order chi connectivity index (χ0) is 25.6. The van der Waals surface area contributed by atoms with E-state index in [0.29, 0.717) is 37.2 Å². The molecule has 3 aromatic rings. The number of hydrogen-bond donors (Lipinski definition) is 0. The maximum Gasteiger partial charge on any atom is 0.340 e. The van der Waals surface area contributed by atoms with Crippen LogP contribution >= 0.6 is 46.4 Å². The Morgan fingerprint density at radius 2 is 1.63 bits per heavy atom. The molecule has 0 bridgehead atoms. The molecule has 1 aliphatic heterocycles. The lowest BCUT2D eigenvalue weighted by atomic mass is 10.0. The van der Waals surface area contributed by atoms with Crippen molar-refractivity contribution in [3.05, 3.63) is 96.3 Å². The van der Waals surface area contributed by atoms with E-state index in [1.807, 2.05) is 36.6 Å². The zero-order valence-electron chi connectivity index (χ0n) is 19.2. The van der Waals surface area contributed by atoms with Crippen molar-refractivity contribution in [2.75, 3.05) is 12.0 Å². The van der Waals surface area contributed by atoms with E-state index >= 15 is 0 Å². The monoisotopic (exact) mass is 548 g/mol. The Labute approximate surface area is 223 Å². The molecule has 9 heteroatoms. The molecule has 0 atom stereocenters. The highest BCUT2D eigenvalue weighted by Crippen LogP contribution is 2.38. The van der Waals surface area contributed by atoms with Crippen molar-refractivity contribution in [3.8, 4) is 5.69 Å². The molecule has 0 aliphatic carbocycles. The number of nitrogens with zero attached hydrogens (tertiary/aromatic N) is 2. The Kier molecular flexibility index (Phi) is 7.07. The second-order valence-corrected chi connectivity index (χ2v) is 9.67. The highest BCUT2D eigenvalue weighted by atomic mass is 35.5. The highest BCUT2D eigenvalue weighted by Gasteiger charge is 2.38. The van der Waals surface area contributed by atoms with E-state index in [4.69, 9.17) is 51.1 Å². The van der Waals surface area contributed by atoms with Crippen molar-refractivity contribution >= 4 is 70.0 Å². The van der Waals surface area contributed by atoms with E-state index in [9.17, 15) is 9.59 Å². The molecule has 1 aliphatic rings. The SMILES string of the molecule is COC(=O)C1=C(C)N(c2cc(Cl)cc(Cl)c2)C(=O)/C1=C\c1cc(C)n(-c2cccc(Cl)c2Cl)c1C. The minimum absolute atomic E-state index is 0.166. The Balaban J connectivity index is 1.88. The molecular formula is C26H20Cl4N2O3.